The van der Waals surface area contributed by atoms with Gasteiger partial charge in [0.1, 0.15) is 11.7 Å². The molecule has 2 aromatic carbocycles. The van der Waals surface area contributed by atoms with Crippen LogP contribution in [0.15, 0.2) is 42.5 Å². The molecule has 0 spiro atoms. The minimum absolute atomic E-state index is 0.0557. The molecule has 6 nitrogen and oxygen atoms in total. The van der Waals surface area contributed by atoms with Crippen molar-refractivity contribution in [3.05, 3.63) is 58.6 Å². The lowest BCUT2D eigenvalue weighted by Gasteiger charge is -2.44. The summed E-state index contributed by atoms with van der Waals surface area (Å²) >= 11 is 6.86. The Morgan fingerprint density at radius 3 is 2.67 bits per heavy atom. The van der Waals surface area contributed by atoms with Gasteiger partial charge in [-0.2, -0.15) is 0 Å². The van der Waals surface area contributed by atoms with Crippen molar-refractivity contribution in [1.29, 1.82) is 0 Å². The predicted molar refractivity (Wildman–Crippen MR) is 162 cm³/mol. The topological polar surface area (TPSA) is 71.0 Å². The van der Waals surface area contributed by atoms with Crippen LogP contribution in [0.2, 0.25) is 5.02 Å². The summed E-state index contributed by atoms with van der Waals surface area (Å²) in [6.45, 7) is 5.12. The van der Waals surface area contributed by atoms with Crippen molar-refractivity contribution in [2.24, 2.45) is 11.8 Å². The quantitative estimate of drug-likeness (QED) is 0.314. The Balaban J connectivity index is 1.63. The van der Waals surface area contributed by atoms with Crippen LogP contribution in [0.5, 0.6) is 0 Å². The summed E-state index contributed by atoms with van der Waals surface area (Å²) in [5.41, 5.74) is 2.47. The molecule has 1 saturated heterocycles. The summed E-state index contributed by atoms with van der Waals surface area (Å²) in [5, 5.41) is 16.5. The highest BCUT2D eigenvalue weighted by atomic mass is 35.5. The summed E-state index contributed by atoms with van der Waals surface area (Å²) in [7, 11) is 3.69. The zero-order valence-corrected chi connectivity index (χ0v) is 25.2. The van der Waals surface area contributed by atoms with E-state index < -0.39 is 11.7 Å². The third kappa shape index (κ3) is 7.27. The number of carbonyl (C=O) groups excluding carboxylic acids is 1. The van der Waals surface area contributed by atoms with Crippen LogP contribution in [0.1, 0.15) is 63.0 Å². The van der Waals surface area contributed by atoms with E-state index in [1.807, 2.05) is 36.2 Å². The maximum atomic E-state index is 13.7. The monoisotopic (exact) mass is 570 g/mol. The normalized spacial score (nSPS) is 23.1. The molecule has 1 aliphatic heterocycles. The number of rotatable bonds is 12. The standard InChI is InChI=1S/C33H47ClN2O4/c1-4-24-9-7-10-27(21-24)31-28(11-8-12-29(31)34)33(38,17-5-6-19-39-3)30-23-36(18-20-40-30)32(37)26-15-13-25(14-16-26)22-35-2/h7-12,21,25-26,30,35,38H,4-6,13-20,22-23H2,1-3H3/t25-,26-,30-,33-/m1/s1. The van der Waals surface area contributed by atoms with Gasteiger partial charge in [-0.15, -0.1) is 0 Å². The van der Waals surface area contributed by atoms with E-state index in [1.54, 1.807) is 7.11 Å². The number of hydrogen-bond donors (Lipinski definition) is 2. The molecule has 0 aromatic heterocycles. The number of unbranched alkanes of at least 4 members (excludes halogenated alkanes) is 1. The first-order chi connectivity index (χ1) is 19.4. The number of nitrogens with one attached hydrogen (secondary N) is 1. The highest BCUT2D eigenvalue weighted by Gasteiger charge is 2.45. The van der Waals surface area contributed by atoms with Crippen molar-refractivity contribution < 1.29 is 19.4 Å². The molecule has 1 aliphatic carbocycles. The largest absolute Gasteiger partial charge is 0.385 e. The Hall–Kier alpha value is -1.96. The van der Waals surface area contributed by atoms with E-state index in [2.05, 4.69) is 30.4 Å². The second kappa shape index (κ2) is 14.8. The Labute approximate surface area is 245 Å². The van der Waals surface area contributed by atoms with Crippen LogP contribution in [0, 0.1) is 11.8 Å². The van der Waals surface area contributed by atoms with Crippen molar-refractivity contribution in [3.63, 3.8) is 0 Å². The number of carbonyl (C=O) groups is 1. The van der Waals surface area contributed by atoms with E-state index in [9.17, 15) is 9.90 Å². The van der Waals surface area contributed by atoms with Gasteiger partial charge < -0.3 is 24.8 Å². The number of amides is 1. The van der Waals surface area contributed by atoms with Crippen molar-refractivity contribution in [3.8, 4) is 11.1 Å². The van der Waals surface area contributed by atoms with E-state index >= 15 is 0 Å². The molecule has 1 saturated carbocycles. The molecule has 1 heterocycles. The molecule has 0 radical (unpaired) electrons. The van der Waals surface area contributed by atoms with Crippen LogP contribution in [0.25, 0.3) is 11.1 Å². The zero-order valence-electron chi connectivity index (χ0n) is 24.5. The smallest absolute Gasteiger partial charge is 0.225 e. The molecule has 2 atom stereocenters. The van der Waals surface area contributed by atoms with Crippen molar-refractivity contribution >= 4 is 17.5 Å². The number of aliphatic hydroxyl groups is 1. The number of morpholine rings is 1. The second-order valence-corrected chi connectivity index (χ2v) is 11.9. The Morgan fingerprint density at radius 1 is 1.18 bits per heavy atom. The fourth-order valence-corrected chi connectivity index (χ4v) is 6.82. The molecule has 40 heavy (non-hydrogen) atoms. The number of methoxy groups -OCH3 is 1. The van der Waals surface area contributed by atoms with E-state index in [4.69, 9.17) is 21.1 Å². The molecular formula is C33H47ClN2O4. The van der Waals surface area contributed by atoms with E-state index in [1.165, 1.54) is 5.56 Å². The minimum Gasteiger partial charge on any atom is -0.385 e. The molecule has 2 fully saturated rings. The maximum absolute atomic E-state index is 13.7. The van der Waals surface area contributed by atoms with Gasteiger partial charge in [0.25, 0.3) is 0 Å². The Kier molecular flexibility index (Phi) is 11.5. The molecule has 1 amide bonds. The molecule has 2 N–H and O–H groups in total. The molecule has 0 unspecified atom stereocenters. The molecule has 0 bridgehead atoms. The van der Waals surface area contributed by atoms with Gasteiger partial charge in [-0.3, -0.25) is 4.79 Å². The predicted octanol–water partition coefficient (Wildman–Crippen LogP) is 5.83. The fraction of sp³-hybridized carbons (Fsp3) is 0.606. The van der Waals surface area contributed by atoms with Gasteiger partial charge in [0.15, 0.2) is 0 Å². The molecule has 220 valence electrons. The van der Waals surface area contributed by atoms with Crippen molar-refractivity contribution in [1.82, 2.24) is 10.2 Å². The minimum atomic E-state index is -1.32. The third-order valence-corrected chi connectivity index (χ3v) is 9.17. The Morgan fingerprint density at radius 2 is 1.95 bits per heavy atom. The van der Waals surface area contributed by atoms with Crippen LogP contribution < -0.4 is 5.32 Å². The summed E-state index contributed by atoms with van der Waals surface area (Å²) in [5.74, 6) is 0.913. The number of nitrogens with zero attached hydrogens (tertiary/aromatic N) is 1. The first kappa shape index (κ1) is 31.0. The Bertz CT molecular complexity index is 1100. The van der Waals surface area contributed by atoms with E-state index in [-0.39, 0.29) is 11.8 Å². The van der Waals surface area contributed by atoms with Crippen molar-refractivity contribution in [2.75, 3.05) is 47.0 Å². The lowest BCUT2D eigenvalue weighted by Crippen LogP contribution is -2.55. The summed E-state index contributed by atoms with van der Waals surface area (Å²) in [6.07, 6.45) is 6.45. The molecule has 4 rings (SSSR count). The third-order valence-electron chi connectivity index (χ3n) is 8.86. The summed E-state index contributed by atoms with van der Waals surface area (Å²) < 4.78 is 11.6. The van der Waals surface area contributed by atoms with Crippen LogP contribution in [0.4, 0.5) is 0 Å². The highest BCUT2D eigenvalue weighted by molar-refractivity contribution is 6.33. The number of aryl methyl sites for hydroxylation is 1. The SMILES string of the molecule is CCc1cccc(-c2c(Cl)cccc2[C@](O)(CCCCOC)[C@H]2CN(C(=O)[C@H]3CC[C@H](CNC)CC3)CCO2)c1. The lowest BCUT2D eigenvalue weighted by molar-refractivity contribution is -0.168. The van der Waals surface area contributed by atoms with Crippen LogP contribution in [0.3, 0.4) is 0 Å². The zero-order chi connectivity index (χ0) is 28.5. The number of benzene rings is 2. The number of halogens is 1. The average molecular weight is 571 g/mol. The second-order valence-electron chi connectivity index (χ2n) is 11.5. The lowest BCUT2D eigenvalue weighted by atomic mass is 9.78. The van der Waals surface area contributed by atoms with Gasteiger partial charge >= 0.3 is 0 Å². The molecule has 2 aromatic rings. The molecule has 7 heteroatoms. The van der Waals surface area contributed by atoms with E-state index in [0.29, 0.717) is 43.7 Å². The highest BCUT2D eigenvalue weighted by Crippen LogP contribution is 2.43. The average Bonchev–Trinajstić information content (AvgIpc) is 2.99. The first-order valence-electron chi connectivity index (χ1n) is 15.1. The van der Waals surface area contributed by atoms with Gasteiger partial charge in [0, 0.05) is 36.8 Å². The summed E-state index contributed by atoms with van der Waals surface area (Å²) in [4.78, 5) is 15.6. The molecular weight excluding hydrogens is 524 g/mol. The maximum Gasteiger partial charge on any atom is 0.225 e. The fourth-order valence-electron chi connectivity index (χ4n) is 6.53. The molecule has 2 aliphatic rings. The van der Waals surface area contributed by atoms with Gasteiger partial charge in [-0.1, -0.05) is 54.9 Å². The van der Waals surface area contributed by atoms with Crippen LogP contribution in [-0.2, 0) is 26.3 Å². The number of hydrogen-bond acceptors (Lipinski definition) is 5. The van der Waals surface area contributed by atoms with Gasteiger partial charge in [-0.25, -0.2) is 0 Å². The summed E-state index contributed by atoms with van der Waals surface area (Å²) in [6, 6.07) is 14.1. The van der Waals surface area contributed by atoms with Gasteiger partial charge in [0.2, 0.25) is 5.91 Å². The van der Waals surface area contributed by atoms with Crippen LogP contribution in [-0.4, -0.2) is 69.0 Å². The van der Waals surface area contributed by atoms with Gasteiger partial charge in [0.05, 0.1) is 13.2 Å². The van der Waals surface area contributed by atoms with E-state index in [0.717, 1.165) is 68.2 Å². The van der Waals surface area contributed by atoms with Gasteiger partial charge in [-0.05, 0) is 93.6 Å². The van der Waals surface area contributed by atoms with Crippen molar-refractivity contribution in [2.45, 2.75) is 70.0 Å². The first-order valence-corrected chi connectivity index (χ1v) is 15.4. The van der Waals surface area contributed by atoms with Crippen LogP contribution >= 0.6 is 11.6 Å². The number of ether oxygens (including phenoxy) is 2.